The van der Waals surface area contributed by atoms with Gasteiger partial charge < -0.3 is 16.0 Å². The van der Waals surface area contributed by atoms with Gasteiger partial charge in [0.1, 0.15) is 0 Å². The number of halogens is 3. The number of aromatic nitrogens is 2. The summed E-state index contributed by atoms with van der Waals surface area (Å²) in [5.74, 6) is -1.09. The Balaban J connectivity index is 1.60. The summed E-state index contributed by atoms with van der Waals surface area (Å²) < 4.78 is 37.7. The van der Waals surface area contributed by atoms with E-state index in [0.29, 0.717) is 17.8 Å². The Labute approximate surface area is 139 Å². The standard InChI is InChI=1S/C16H24F3N5/c17-16(18,19)15-21-8-12(9-22-15)24-7-3-4-11(10-24)23-14-6-2-1-5-13(14)20/h8-9,11,13-14,23H,1-7,10,20H2/t11-,13+,14+/m0/s1. The molecule has 0 aromatic carbocycles. The molecule has 2 fully saturated rings. The zero-order chi connectivity index (χ0) is 17.2. The van der Waals surface area contributed by atoms with Crippen molar-refractivity contribution < 1.29 is 13.2 Å². The van der Waals surface area contributed by atoms with Gasteiger partial charge in [0, 0.05) is 31.2 Å². The molecule has 0 unspecified atom stereocenters. The van der Waals surface area contributed by atoms with Gasteiger partial charge in [-0.2, -0.15) is 13.2 Å². The minimum absolute atomic E-state index is 0.198. The van der Waals surface area contributed by atoms with Crippen molar-refractivity contribution in [3.05, 3.63) is 18.2 Å². The van der Waals surface area contributed by atoms with Gasteiger partial charge >= 0.3 is 6.18 Å². The van der Waals surface area contributed by atoms with Crippen LogP contribution in [-0.4, -0.2) is 41.2 Å². The van der Waals surface area contributed by atoms with Crippen molar-refractivity contribution in [2.24, 2.45) is 5.73 Å². The Bertz CT molecular complexity index is 534. The largest absolute Gasteiger partial charge is 0.451 e. The molecule has 0 amide bonds. The van der Waals surface area contributed by atoms with E-state index in [-0.39, 0.29) is 6.04 Å². The highest BCUT2D eigenvalue weighted by Crippen LogP contribution is 2.27. The van der Waals surface area contributed by atoms with Crippen molar-refractivity contribution in [1.82, 2.24) is 15.3 Å². The maximum Gasteiger partial charge on any atom is 0.451 e. The van der Waals surface area contributed by atoms with Gasteiger partial charge in [0.25, 0.3) is 0 Å². The molecule has 1 saturated carbocycles. The molecule has 0 bridgehead atoms. The topological polar surface area (TPSA) is 67.1 Å². The molecule has 2 aliphatic rings. The van der Waals surface area contributed by atoms with E-state index in [1.807, 2.05) is 0 Å². The number of piperidine rings is 1. The van der Waals surface area contributed by atoms with E-state index in [1.165, 1.54) is 25.2 Å². The van der Waals surface area contributed by atoms with Gasteiger partial charge in [-0.15, -0.1) is 0 Å². The molecule has 1 aromatic heterocycles. The van der Waals surface area contributed by atoms with Crippen LogP contribution in [-0.2, 0) is 6.18 Å². The van der Waals surface area contributed by atoms with Gasteiger partial charge in [0.05, 0.1) is 18.1 Å². The Morgan fingerprint density at radius 3 is 2.46 bits per heavy atom. The lowest BCUT2D eigenvalue weighted by Gasteiger charge is -2.39. The number of alkyl halides is 3. The zero-order valence-corrected chi connectivity index (χ0v) is 13.6. The van der Waals surface area contributed by atoms with Crippen LogP contribution in [0.5, 0.6) is 0 Å². The Hall–Kier alpha value is -1.41. The summed E-state index contributed by atoms with van der Waals surface area (Å²) in [6, 6.07) is 0.839. The molecule has 1 saturated heterocycles. The molecule has 0 radical (unpaired) electrons. The summed E-state index contributed by atoms with van der Waals surface area (Å²) in [7, 11) is 0. The first-order valence-corrected chi connectivity index (χ1v) is 8.59. The number of hydrogen-bond donors (Lipinski definition) is 2. The molecular formula is C16H24F3N5. The second-order valence-corrected chi connectivity index (χ2v) is 6.77. The Kier molecular flexibility index (Phi) is 5.24. The average Bonchev–Trinajstić information content (AvgIpc) is 2.57. The average molecular weight is 343 g/mol. The van der Waals surface area contributed by atoms with Gasteiger partial charge in [-0.1, -0.05) is 12.8 Å². The van der Waals surface area contributed by atoms with E-state index in [2.05, 4.69) is 20.2 Å². The van der Waals surface area contributed by atoms with Gasteiger partial charge in [-0.25, -0.2) is 9.97 Å². The minimum Gasteiger partial charge on any atom is -0.367 e. The molecule has 134 valence electrons. The van der Waals surface area contributed by atoms with Crippen molar-refractivity contribution in [3.8, 4) is 0 Å². The summed E-state index contributed by atoms with van der Waals surface area (Å²) in [5, 5.41) is 3.66. The molecule has 3 rings (SSSR count). The van der Waals surface area contributed by atoms with Gasteiger partial charge in [0.15, 0.2) is 0 Å². The smallest absolute Gasteiger partial charge is 0.367 e. The lowest BCUT2D eigenvalue weighted by molar-refractivity contribution is -0.144. The molecule has 0 spiro atoms. The first-order chi connectivity index (χ1) is 11.4. The van der Waals surface area contributed by atoms with Gasteiger partial charge in [-0.05, 0) is 25.7 Å². The summed E-state index contributed by atoms with van der Waals surface area (Å²) in [6.45, 7) is 1.56. The molecule has 8 heteroatoms. The molecule has 1 aromatic rings. The Morgan fingerprint density at radius 1 is 1.08 bits per heavy atom. The van der Waals surface area contributed by atoms with Crippen LogP contribution in [0.3, 0.4) is 0 Å². The maximum atomic E-state index is 12.6. The minimum atomic E-state index is -4.50. The van der Waals surface area contributed by atoms with Crippen LogP contribution >= 0.6 is 0 Å². The monoisotopic (exact) mass is 343 g/mol. The SMILES string of the molecule is N[C@@H]1CCCC[C@H]1N[C@H]1CCCN(c2cnc(C(F)(F)F)nc2)C1. The Morgan fingerprint density at radius 2 is 1.79 bits per heavy atom. The second-order valence-electron chi connectivity index (χ2n) is 6.77. The highest BCUT2D eigenvalue weighted by molar-refractivity contribution is 5.42. The quantitative estimate of drug-likeness (QED) is 0.882. The van der Waals surface area contributed by atoms with Gasteiger partial charge in [0.2, 0.25) is 5.82 Å². The number of rotatable bonds is 3. The summed E-state index contributed by atoms with van der Waals surface area (Å²) in [5.41, 5.74) is 6.84. The van der Waals surface area contributed by atoms with Crippen molar-refractivity contribution >= 4 is 5.69 Å². The summed E-state index contributed by atoms with van der Waals surface area (Å²) in [6.07, 6.45) is 4.63. The van der Waals surface area contributed by atoms with E-state index in [9.17, 15) is 13.2 Å². The molecule has 1 aliphatic heterocycles. The number of nitrogens with two attached hydrogens (primary N) is 1. The molecule has 2 heterocycles. The van der Waals surface area contributed by atoms with E-state index < -0.39 is 12.0 Å². The molecule has 1 aliphatic carbocycles. The predicted octanol–water partition coefficient (Wildman–Crippen LogP) is 2.32. The second kappa shape index (κ2) is 7.23. The zero-order valence-electron chi connectivity index (χ0n) is 13.6. The fourth-order valence-corrected chi connectivity index (χ4v) is 3.65. The number of nitrogens with zero attached hydrogens (tertiary/aromatic N) is 3. The summed E-state index contributed by atoms with van der Waals surface area (Å²) in [4.78, 5) is 8.97. The van der Waals surface area contributed by atoms with Crippen LogP contribution in [0.2, 0.25) is 0 Å². The lowest BCUT2D eigenvalue weighted by atomic mass is 9.90. The third-order valence-corrected chi connectivity index (χ3v) is 4.95. The molecule has 5 nitrogen and oxygen atoms in total. The molecular weight excluding hydrogens is 319 g/mol. The van der Waals surface area contributed by atoms with Gasteiger partial charge in [-0.3, -0.25) is 0 Å². The molecule has 3 N–H and O–H groups in total. The third kappa shape index (κ3) is 4.16. The van der Waals surface area contributed by atoms with E-state index >= 15 is 0 Å². The van der Waals surface area contributed by atoms with Crippen LogP contribution in [0.1, 0.15) is 44.3 Å². The number of hydrogen-bond acceptors (Lipinski definition) is 5. The first kappa shape index (κ1) is 17.4. The third-order valence-electron chi connectivity index (χ3n) is 4.95. The van der Waals surface area contributed by atoms with Crippen molar-refractivity contribution in [2.75, 3.05) is 18.0 Å². The summed E-state index contributed by atoms with van der Waals surface area (Å²) >= 11 is 0. The van der Waals surface area contributed by atoms with Crippen LogP contribution in [0, 0.1) is 0 Å². The van der Waals surface area contributed by atoms with E-state index in [1.54, 1.807) is 0 Å². The van der Waals surface area contributed by atoms with E-state index in [4.69, 9.17) is 5.73 Å². The highest BCUT2D eigenvalue weighted by atomic mass is 19.4. The highest BCUT2D eigenvalue weighted by Gasteiger charge is 2.34. The molecule has 24 heavy (non-hydrogen) atoms. The van der Waals surface area contributed by atoms with E-state index in [0.717, 1.165) is 38.8 Å². The van der Waals surface area contributed by atoms with Crippen LogP contribution in [0.4, 0.5) is 18.9 Å². The first-order valence-electron chi connectivity index (χ1n) is 8.59. The van der Waals surface area contributed by atoms with Crippen molar-refractivity contribution in [1.29, 1.82) is 0 Å². The van der Waals surface area contributed by atoms with Crippen LogP contribution in [0.25, 0.3) is 0 Å². The predicted molar refractivity (Wildman–Crippen MR) is 85.6 cm³/mol. The fourth-order valence-electron chi connectivity index (χ4n) is 3.65. The fraction of sp³-hybridized carbons (Fsp3) is 0.750. The van der Waals surface area contributed by atoms with Crippen molar-refractivity contribution in [3.63, 3.8) is 0 Å². The normalized spacial score (nSPS) is 28.8. The van der Waals surface area contributed by atoms with Crippen LogP contribution in [0.15, 0.2) is 12.4 Å². The van der Waals surface area contributed by atoms with Crippen molar-refractivity contribution in [2.45, 2.75) is 62.8 Å². The van der Waals surface area contributed by atoms with Crippen LogP contribution < -0.4 is 16.0 Å². The number of anilines is 1. The molecule has 3 atom stereocenters. The lowest BCUT2D eigenvalue weighted by Crippen LogP contribution is -2.55. The maximum absolute atomic E-state index is 12.6. The number of nitrogens with one attached hydrogen (secondary N) is 1.